The number of aromatic nitrogens is 2. The molecule has 1 aromatic heterocycles. The van der Waals surface area contributed by atoms with Crippen LogP contribution in [0.4, 0.5) is 5.69 Å². The molecule has 0 radical (unpaired) electrons. The zero-order chi connectivity index (χ0) is 22.2. The maximum absolute atomic E-state index is 10.9. The first-order valence-corrected chi connectivity index (χ1v) is 10.8. The molecule has 0 saturated heterocycles. The maximum atomic E-state index is 10.9. The molecular weight excluding hydrogens is 398 g/mol. The number of aryl methyl sites for hydroxylation is 3. The van der Waals surface area contributed by atoms with Crippen molar-refractivity contribution in [2.24, 2.45) is 0 Å². The van der Waals surface area contributed by atoms with Crippen molar-refractivity contribution < 1.29 is 9.32 Å². The fraction of sp³-hybridized carbons (Fsp3) is 0.222. The Kier molecular flexibility index (Phi) is 5.10. The van der Waals surface area contributed by atoms with E-state index in [1.807, 2.05) is 12.1 Å². The van der Waals surface area contributed by atoms with E-state index in [9.17, 15) is 4.79 Å². The fourth-order valence-electron chi connectivity index (χ4n) is 4.35. The average Bonchev–Trinajstić information content (AvgIpc) is 3.41. The molecule has 1 unspecified atom stereocenters. The van der Waals surface area contributed by atoms with Crippen LogP contribution in [-0.2, 0) is 6.54 Å². The molecule has 0 aliphatic carbocycles. The Morgan fingerprint density at radius 1 is 1.00 bits per heavy atom. The van der Waals surface area contributed by atoms with Crippen LogP contribution in [0.2, 0.25) is 0 Å². The number of aldehydes is 1. The highest BCUT2D eigenvalue weighted by Crippen LogP contribution is 2.41. The second kappa shape index (κ2) is 8.08. The molecule has 0 spiro atoms. The van der Waals surface area contributed by atoms with Gasteiger partial charge in [0.1, 0.15) is 6.29 Å². The van der Waals surface area contributed by atoms with Gasteiger partial charge in [-0.2, -0.15) is 4.98 Å². The molecule has 32 heavy (non-hydrogen) atoms. The summed E-state index contributed by atoms with van der Waals surface area (Å²) in [6.45, 7) is 8.03. The first kappa shape index (κ1) is 20.2. The second-order valence-corrected chi connectivity index (χ2v) is 8.61. The van der Waals surface area contributed by atoms with Crippen molar-refractivity contribution in [1.82, 2.24) is 10.1 Å². The van der Waals surface area contributed by atoms with Crippen molar-refractivity contribution in [3.63, 3.8) is 0 Å². The molecule has 3 aromatic carbocycles. The van der Waals surface area contributed by atoms with Crippen LogP contribution in [0, 0.1) is 20.8 Å². The fourth-order valence-corrected chi connectivity index (χ4v) is 4.35. The highest BCUT2D eigenvalue weighted by atomic mass is 16.5. The molecule has 4 aromatic rings. The molecule has 2 heterocycles. The molecular formula is C27H25N3O2. The van der Waals surface area contributed by atoms with Crippen LogP contribution < -0.4 is 4.90 Å². The molecule has 0 fully saturated rings. The summed E-state index contributed by atoms with van der Waals surface area (Å²) in [6, 6.07) is 20.5. The average molecular weight is 424 g/mol. The van der Waals surface area contributed by atoms with Gasteiger partial charge in [-0.05, 0) is 49.1 Å². The Balaban J connectivity index is 1.46. The van der Waals surface area contributed by atoms with Crippen molar-refractivity contribution in [2.45, 2.75) is 33.2 Å². The van der Waals surface area contributed by atoms with E-state index in [4.69, 9.17) is 9.51 Å². The number of anilines is 1. The molecule has 0 bridgehead atoms. The monoisotopic (exact) mass is 423 g/mol. The van der Waals surface area contributed by atoms with Crippen molar-refractivity contribution in [1.29, 1.82) is 0 Å². The lowest BCUT2D eigenvalue weighted by Gasteiger charge is -2.20. The van der Waals surface area contributed by atoms with Crippen molar-refractivity contribution in [3.8, 4) is 11.4 Å². The molecule has 0 N–H and O–H groups in total. The van der Waals surface area contributed by atoms with Gasteiger partial charge in [0.2, 0.25) is 11.7 Å². The summed E-state index contributed by atoms with van der Waals surface area (Å²) >= 11 is 0. The topological polar surface area (TPSA) is 59.2 Å². The number of nitrogens with zero attached hydrogens (tertiary/aromatic N) is 3. The Labute approximate surface area is 187 Å². The number of fused-ring (bicyclic) bond motifs is 1. The van der Waals surface area contributed by atoms with Crippen LogP contribution in [0.1, 0.15) is 50.0 Å². The minimum atomic E-state index is 0.0203. The lowest BCUT2D eigenvalue weighted by atomic mass is 9.99. The first-order chi connectivity index (χ1) is 15.5. The molecule has 160 valence electrons. The van der Waals surface area contributed by atoms with Crippen LogP contribution in [0.5, 0.6) is 0 Å². The summed E-state index contributed by atoms with van der Waals surface area (Å²) in [5.41, 5.74) is 9.02. The van der Waals surface area contributed by atoms with Gasteiger partial charge < -0.3 is 9.42 Å². The van der Waals surface area contributed by atoms with Gasteiger partial charge in [-0.3, -0.25) is 4.79 Å². The number of hydrogen-bond acceptors (Lipinski definition) is 5. The third kappa shape index (κ3) is 3.71. The van der Waals surface area contributed by atoms with Crippen LogP contribution in [0.15, 0.2) is 65.2 Å². The van der Waals surface area contributed by atoms with Gasteiger partial charge in [-0.25, -0.2) is 0 Å². The second-order valence-electron chi connectivity index (χ2n) is 8.61. The summed E-state index contributed by atoms with van der Waals surface area (Å²) in [6.07, 6.45) is 0.827. The molecule has 5 heteroatoms. The zero-order valence-corrected chi connectivity index (χ0v) is 18.5. The lowest BCUT2D eigenvalue weighted by Crippen LogP contribution is -2.21. The third-order valence-electron chi connectivity index (χ3n) is 6.29. The van der Waals surface area contributed by atoms with E-state index in [1.165, 1.54) is 33.5 Å². The quantitative estimate of drug-likeness (QED) is 0.390. The maximum Gasteiger partial charge on any atom is 0.236 e. The van der Waals surface area contributed by atoms with E-state index in [1.54, 1.807) is 12.1 Å². The van der Waals surface area contributed by atoms with Gasteiger partial charge >= 0.3 is 0 Å². The standard InChI is InChI=1S/C27H25N3O2/c1-17-4-11-25-23(12-17)24(15-30(25)14-21-6-5-18(2)19(3)13-21)27-28-26(29-32-27)22-9-7-20(16-31)8-10-22/h4-13,16,24H,14-15H2,1-3H3. The van der Waals surface area contributed by atoms with Crippen molar-refractivity contribution in [3.05, 3.63) is 99.9 Å². The molecule has 5 nitrogen and oxygen atoms in total. The predicted molar refractivity (Wildman–Crippen MR) is 125 cm³/mol. The minimum absolute atomic E-state index is 0.0203. The van der Waals surface area contributed by atoms with Gasteiger partial charge in [-0.15, -0.1) is 0 Å². The Hall–Kier alpha value is -3.73. The first-order valence-electron chi connectivity index (χ1n) is 10.8. The highest BCUT2D eigenvalue weighted by Gasteiger charge is 2.34. The zero-order valence-electron chi connectivity index (χ0n) is 18.5. The third-order valence-corrected chi connectivity index (χ3v) is 6.29. The molecule has 1 atom stereocenters. The molecule has 0 saturated carbocycles. The highest BCUT2D eigenvalue weighted by molar-refractivity contribution is 5.76. The molecule has 1 aliphatic rings. The van der Waals surface area contributed by atoms with E-state index >= 15 is 0 Å². The van der Waals surface area contributed by atoms with Crippen molar-refractivity contribution >= 4 is 12.0 Å². The SMILES string of the molecule is Cc1ccc2c(c1)C(c1nc(-c3ccc(C=O)cc3)no1)CN2Cc1ccc(C)c(C)c1. The van der Waals surface area contributed by atoms with Crippen molar-refractivity contribution in [2.75, 3.05) is 11.4 Å². The van der Waals surface area contributed by atoms with E-state index in [2.05, 4.69) is 67.2 Å². The van der Waals surface area contributed by atoms with Gasteiger partial charge in [0.05, 0.1) is 5.92 Å². The largest absolute Gasteiger partial charge is 0.366 e. The van der Waals surface area contributed by atoms with Gasteiger partial charge in [0, 0.05) is 29.9 Å². The van der Waals surface area contributed by atoms with E-state index in [-0.39, 0.29) is 5.92 Å². The summed E-state index contributed by atoms with van der Waals surface area (Å²) in [5, 5.41) is 4.22. The van der Waals surface area contributed by atoms with Gasteiger partial charge in [0.25, 0.3) is 0 Å². The Morgan fingerprint density at radius 3 is 2.56 bits per heavy atom. The van der Waals surface area contributed by atoms with Gasteiger partial charge in [0.15, 0.2) is 0 Å². The molecule has 0 amide bonds. The number of carbonyl (C=O) groups is 1. The summed E-state index contributed by atoms with van der Waals surface area (Å²) in [5.74, 6) is 1.18. The molecule has 5 rings (SSSR count). The predicted octanol–water partition coefficient (Wildman–Crippen LogP) is 5.63. The van der Waals surface area contributed by atoms with Crippen LogP contribution in [0.3, 0.4) is 0 Å². The van der Waals surface area contributed by atoms with E-state index in [0.29, 0.717) is 17.3 Å². The minimum Gasteiger partial charge on any atom is -0.366 e. The summed E-state index contributed by atoms with van der Waals surface area (Å²) in [4.78, 5) is 18.0. The summed E-state index contributed by atoms with van der Waals surface area (Å²) < 4.78 is 5.73. The van der Waals surface area contributed by atoms with Crippen LogP contribution in [0.25, 0.3) is 11.4 Å². The number of benzene rings is 3. The van der Waals surface area contributed by atoms with E-state index in [0.717, 1.165) is 24.9 Å². The lowest BCUT2D eigenvalue weighted by molar-refractivity contribution is 0.112. The van der Waals surface area contributed by atoms with E-state index < -0.39 is 0 Å². The smallest absolute Gasteiger partial charge is 0.236 e. The number of carbonyl (C=O) groups excluding carboxylic acids is 1. The number of rotatable bonds is 5. The van der Waals surface area contributed by atoms with Crippen LogP contribution in [-0.4, -0.2) is 23.0 Å². The Bertz CT molecular complexity index is 1290. The number of hydrogen-bond donors (Lipinski definition) is 0. The van der Waals surface area contributed by atoms with Gasteiger partial charge in [-0.1, -0.05) is 65.3 Å². The molecule has 1 aliphatic heterocycles. The normalized spacial score (nSPS) is 15.1. The Morgan fingerprint density at radius 2 is 1.81 bits per heavy atom. The summed E-state index contributed by atoms with van der Waals surface area (Å²) in [7, 11) is 0. The van der Waals surface area contributed by atoms with Crippen LogP contribution >= 0.6 is 0 Å².